The quantitative estimate of drug-likeness (QED) is 0.907. The minimum absolute atomic E-state index is 0.171. The third kappa shape index (κ3) is 2.01. The van der Waals surface area contributed by atoms with Crippen molar-refractivity contribution in [2.75, 3.05) is 0 Å². The molecule has 5 nitrogen and oxygen atoms in total. The minimum atomic E-state index is -0.998. The number of para-hydroxylation sites is 1. The Balaban J connectivity index is 1.96. The van der Waals surface area contributed by atoms with Crippen molar-refractivity contribution >= 4 is 5.97 Å². The molecule has 20 heavy (non-hydrogen) atoms. The van der Waals surface area contributed by atoms with Gasteiger partial charge in [-0.25, -0.2) is 14.8 Å². The lowest BCUT2D eigenvalue weighted by atomic mass is 10.1. The van der Waals surface area contributed by atoms with Gasteiger partial charge in [-0.2, -0.15) is 0 Å². The van der Waals surface area contributed by atoms with Gasteiger partial charge in [-0.3, -0.25) is 0 Å². The largest absolute Gasteiger partial charge is 0.482 e. The van der Waals surface area contributed by atoms with E-state index < -0.39 is 5.97 Å². The van der Waals surface area contributed by atoms with Gasteiger partial charge in [0.25, 0.3) is 0 Å². The van der Waals surface area contributed by atoms with Gasteiger partial charge in [0.2, 0.25) is 0 Å². The molecule has 0 spiro atoms. The highest BCUT2D eigenvalue weighted by Gasteiger charge is 2.27. The summed E-state index contributed by atoms with van der Waals surface area (Å²) in [6, 6.07) is 7.82. The summed E-state index contributed by atoms with van der Waals surface area (Å²) in [5.74, 6) is 0.391. The maximum Gasteiger partial charge on any atom is 0.339 e. The molecule has 1 unspecified atom stereocenters. The van der Waals surface area contributed by atoms with Gasteiger partial charge in [0, 0.05) is 6.42 Å². The molecule has 1 N–H and O–H groups in total. The van der Waals surface area contributed by atoms with Gasteiger partial charge in [0.05, 0.1) is 11.4 Å². The van der Waals surface area contributed by atoms with Crippen LogP contribution >= 0.6 is 0 Å². The molecule has 1 aromatic carbocycles. The Kier molecular flexibility index (Phi) is 2.89. The summed E-state index contributed by atoms with van der Waals surface area (Å²) in [6.07, 6.45) is 0.467. The lowest BCUT2D eigenvalue weighted by molar-refractivity contribution is 0.0693. The SMILES string of the molecule is Cc1nc(C2Cc3ccccc3O2)nc(C)c1C(=O)O. The molecule has 1 aromatic heterocycles. The van der Waals surface area contributed by atoms with E-state index in [0.29, 0.717) is 23.6 Å². The molecule has 3 rings (SSSR count). The summed E-state index contributed by atoms with van der Waals surface area (Å²) in [5.41, 5.74) is 2.24. The van der Waals surface area contributed by atoms with Gasteiger partial charge in [0.15, 0.2) is 11.9 Å². The number of ether oxygens (including phenoxy) is 1. The lowest BCUT2D eigenvalue weighted by Gasteiger charge is -2.12. The third-order valence-electron chi connectivity index (χ3n) is 3.44. The van der Waals surface area contributed by atoms with Crippen molar-refractivity contribution < 1.29 is 14.6 Å². The molecule has 0 fully saturated rings. The molecule has 2 heterocycles. The fourth-order valence-corrected chi connectivity index (χ4v) is 2.52. The highest BCUT2D eigenvalue weighted by molar-refractivity contribution is 5.89. The highest BCUT2D eigenvalue weighted by atomic mass is 16.5. The van der Waals surface area contributed by atoms with Crippen LogP contribution in [0.3, 0.4) is 0 Å². The van der Waals surface area contributed by atoms with Crippen LogP contribution in [0.25, 0.3) is 0 Å². The van der Waals surface area contributed by atoms with Crippen LogP contribution in [-0.4, -0.2) is 21.0 Å². The predicted molar refractivity (Wildman–Crippen MR) is 72.0 cm³/mol. The zero-order valence-corrected chi connectivity index (χ0v) is 11.3. The van der Waals surface area contributed by atoms with Crippen molar-refractivity contribution in [1.29, 1.82) is 0 Å². The Bertz CT molecular complexity index is 649. The van der Waals surface area contributed by atoms with E-state index in [0.717, 1.165) is 11.3 Å². The van der Waals surface area contributed by atoms with Gasteiger partial charge in [-0.1, -0.05) is 18.2 Å². The zero-order chi connectivity index (χ0) is 14.3. The number of carboxylic acids is 1. The molecule has 0 aliphatic carbocycles. The number of aromatic carboxylic acids is 1. The first kappa shape index (κ1) is 12.6. The van der Waals surface area contributed by atoms with Gasteiger partial charge >= 0.3 is 5.97 Å². The first-order chi connectivity index (χ1) is 9.56. The Morgan fingerprint density at radius 2 is 1.90 bits per heavy atom. The van der Waals surface area contributed by atoms with E-state index in [1.165, 1.54) is 0 Å². The first-order valence-corrected chi connectivity index (χ1v) is 6.39. The van der Waals surface area contributed by atoms with Gasteiger partial charge in [-0.15, -0.1) is 0 Å². The maximum absolute atomic E-state index is 11.1. The van der Waals surface area contributed by atoms with Crippen molar-refractivity contribution in [3.8, 4) is 5.75 Å². The normalized spacial score (nSPS) is 16.6. The summed E-state index contributed by atoms with van der Waals surface area (Å²) in [7, 11) is 0. The molecule has 102 valence electrons. The van der Waals surface area contributed by atoms with E-state index in [1.54, 1.807) is 13.8 Å². The molecule has 0 amide bonds. The van der Waals surface area contributed by atoms with E-state index in [4.69, 9.17) is 9.84 Å². The van der Waals surface area contributed by atoms with E-state index in [-0.39, 0.29) is 11.7 Å². The number of aromatic nitrogens is 2. The Morgan fingerprint density at radius 1 is 1.25 bits per heavy atom. The van der Waals surface area contributed by atoms with E-state index in [9.17, 15) is 4.79 Å². The van der Waals surface area contributed by atoms with Crippen molar-refractivity contribution in [3.05, 3.63) is 52.6 Å². The van der Waals surface area contributed by atoms with Crippen LogP contribution in [-0.2, 0) is 6.42 Å². The topological polar surface area (TPSA) is 72.3 Å². The second kappa shape index (κ2) is 4.59. The summed E-state index contributed by atoms with van der Waals surface area (Å²) < 4.78 is 5.83. The fourth-order valence-electron chi connectivity index (χ4n) is 2.52. The summed E-state index contributed by atoms with van der Waals surface area (Å²) in [5, 5.41) is 9.13. The second-order valence-electron chi connectivity index (χ2n) is 4.85. The number of hydrogen-bond donors (Lipinski definition) is 1. The lowest BCUT2D eigenvalue weighted by Crippen LogP contribution is -2.15. The summed E-state index contributed by atoms with van der Waals surface area (Å²) in [4.78, 5) is 19.7. The number of nitrogens with zero attached hydrogens (tertiary/aromatic N) is 2. The van der Waals surface area contributed by atoms with Crippen LogP contribution < -0.4 is 4.74 Å². The van der Waals surface area contributed by atoms with E-state index >= 15 is 0 Å². The minimum Gasteiger partial charge on any atom is -0.482 e. The van der Waals surface area contributed by atoms with Crippen LogP contribution in [0.5, 0.6) is 5.75 Å². The van der Waals surface area contributed by atoms with E-state index in [1.807, 2.05) is 24.3 Å². The molecule has 0 saturated carbocycles. The van der Waals surface area contributed by atoms with Crippen LogP contribution in [0.15, 0.2) is 24.3 Å². The second-order valence-corrected chi connectivity index (χ2v) is 4.85. The van der Waals surface area contributed by atoms with Crippen LogP contribution in [0, 0.1) is 13.8 Å². The molecule has 1 aliphatic heterocycles. The average Bonchev–Trinajstić information content (AvgIpc) is 2.81. The standard InChI is InChI=1S/C15H14N2O3/c1-8-13(15(18)19)9(2)17-14(16-8)12-7-10-5-3-4-6-11(10)20-12/h3-6,12H,7H2,1-2H3,(H,18,19). The van der Waals surface area contributed by atoms with Crippen molar-refractivity contribution in [3.63, 3.8) is 0 Å². The number of hydrogen-bond acceptors (Lipinski definition) is 4. The fraction of sp³-hybridized carbons (Fsp3) is 0.267. The van der Waals surface area contributed by atoms with Crippen molar-refractivity contribution in [1.82, 2.24) is 9.97 Å². The molecule has 0 bridgehead atoms. The van der Waals surface area contributed by atoms with Crippen molar-refractivity contribution in [2.45, 2.75) is 26.4 Å². The Morgan fingerprint density at radius 3 is 2.50 bits per heavy atom. The smallest absolute Gasteiger partial charge is 0.339 e. The number of rotatable bonds is 2. The number of carboxylic acid groups (broad SMARTS) is 1. The zero-order valence-electron chi connectivity index (χ0n) is 11.3. The van der Waals surface area contributed by atoms with Crippen LogP contribution in [0.4, 0.5) is 0 Å². The van der Waals surface area contributed by atoms with Crippen LogP contribution in [0.1, 0.15) is 39.2 Å². The molecule has 1 atom stereocenters. The molecular weight excluding hydrogens is 256 g/mol. The van der Waals surface area contributed by atoms with Gasteiger partial charge < -0.3 is 9.84 Å². The maximum atomic E-state index is 11.1. The van der Waals surface area contributed by atoms with Crippen LogP contribution in [0.2, 0.25) is 0 Å². The Hall–Kier alpha value is -2.43. The number of aryl methyl sites for hydroxylation is 2. The highest BCUT2D eigenvalue weighted by Crippen LogP contribution is 2.35. The van der Waals surface area contributed by atoms with E-state index in [2.05, 4.69) is 9.97 Å². The molecule has 1 aliphatic rings. The predicted octanol–water partition coefficient (Wildman–Crippen LogP) is 2.47. The molecule has 0 radical (unpaired) electrons. The number of fused-ring (bicyclic) bond motifs is 1. The summed E-state index contributed by atoms with van der Waals surface area (Å²) in [6.45, 7) is 3.37. The molecule has 2 aromatic rings. The third-order valence-corrected chi connectivity index (χ3v) is 3.44. The number of benzene rings is 1. The monoisotopic (exact) mass is 270 g/mol. The van der Waals surface area contributed by atoms with Gasteiger partial charge in [0.1, 0.15) is 11.3 Å². The average molecular weight is 270 g/mol. The van der Waals surface area contributed by atoms with Gasteiger partial charge in [-0.05, 0) is 25.5 Å². The molecular formula is C15H14N2O3. The molecule has 0 saturated heterocycles. The van der Waals surface area contributed by atoms with Crippen molar-refractivity contribution in [2.24, 2.45) is 0 Å². The number of carbonyl (C=O) groups is 1. The summed E-state index contributed by atoms with van der Waals surface area (Å²) >= 11 is 0. The Labute approximate surface area is 116 Å². The molecule has 5 heteroatoms. The first-order valence-electron chi connectivity index (χ1n) is 6.39.